The van der Waals surface area contributed by atoms with Crippen LogP contribution in [0.25, 0.3) is 0 Å². The number of ether oxygens (including phenoxy) is 1. The van der Waals surface area contributed by atoms with Gasteiger partial charge in [0.25, 0.3) is 5.91 Å². The lowest BCUT2D eigenvalue weighted by Gasteiger charge is -2.22. The zero-order chi connectivity index (χ0) is 17.4. The molecule has 126 valence electrons. The van der Waals surface area contributed by atoms with Crippen LogP contribution >= 0.6 is 0 Å². The molecule has 0 aliphatic carbocycles. The molecule has 0 bridgehead atoms. The Labute approximate surface area is 134 Å². The van der Waals surface area contributed by atoms with Crippen molar-refractivity contribution in [2.75, 3.05) is 13.7 Å². The van der Waals surface area contributed by atoms with Crippen LogP contribution in [-0.4, -0.2) is 35.8 Å². The summed E-state index contributed by atoms with van der Waals surface area (Å²) in [6.07, 6.45) is 0.718. The minimum absolute atomic E-state index is 0.0385. The van der Waals surface area contributed by atoms with Crippen LogP contribution in [0.4, 0.5) is 4.39 Å². The summed E-state index contributed by atoms with van der Waals surface area (Å²) >= 11 is 0. The van der Waals surface area contributed by atoms with Crippen molar-refractivity contribution in [2.45, 2.75) is 20.4 Å². The van der Waals surface area contributed by atoms with E-state index in [0.717, 1.165) is 18.2 Å². The van der Waals surface area contributed by atoms with Crippen LogP contribution in [0.2, 0.25) is 0 Å². The van der Waals surface area contributed by atoms with Gasteiger partial charge in [-0.2, -0.15) is 0 Å². The maximum atomic E-state index is 12.9. The lowest BCUT2D eigenvalue weighted by Crippen LogP contribution is -2.31. The topological polar surface area (TPSA) is 76.1 Å². The number of hydrogen-bond acceptors (Lipinski definition) is 5. The highest BCUT2D eigenvalue weighted by molar-refractivity contribution is 5.96. The summed E-state index contributed by atoms with van der Waals surface area (Å²) in [5.74, 6) is -2.80. The molecule has 6 nitrogen and oxygen atoms in total. The third-order valence-electron chi connectivity index (χ3n) is 2.70. The van der Waals surface area contributed by atoms with Crippen LogP contribution in [0.5, 0.6) is 0 Å². The van der Waals surface area contributed by atoms with Crippen LogP contribution in [0.1, 0.15) is 19.4 Å². The van der Waals surface area contributed by atoms with E-state index in [1.807, 2.05) is 13.8 Å². The second-order valence-electron chi connectivity index (χ2n) is 5.21. The van der Waals surface area contributed by atoms with Gasteiger partial charge in [0.15, 0.2) is 0 Å². The van der Waals surface area contributed by atoms with Crippen molar-refractivity contribution in [2.24, 2.45) is 5.92 Å². The normalized spacial score (nSPS) is 11.4. The van der Waals surface area contributed by atoms with E-state index in [2.05, 4.69) is 4.74 Å². The van der Waals surface area contributed by atoms with Crippen molar-refractivity contribution in [1.82, 2.24) is 5.06 Å². The molecule has 0 radical (unpaired) electrons. The van der Waals surface area contributed by atoms with Gasteiger partial charge in [-0.3, -0.25) is 9.63 Å². The first-order valence-electron chi connectivity index (χ1n) is 7.01. The molecular weight excluding hydrogens is 305 g/mol. The average Bonchev–Trinajstić information content (AvgIpc) is 2.51. The Morgan fingerprint density at radius 1 is 1.30 bits per heavy atom. The first-order valence-corrected chi connectivity index (χ1v) is 7.01. The van der Waals surface area contributed by atoms with Crippen LogP contribution in [0.3, 0.4) is 0 Å². The number of carbonyl (C=O) groups is 2. The molecule has 0 spiro atoms. The zero-order valence-corrected chi connectivity index (χ0v) is 13.3. The number of halogens is 1. The van der Waals surface area contributed by atoms with E-state index < -0.39 is 23.5 Å². The SMILES string of the molecule is COC(=O)/C(O)=C/C(=O)N(Cc1ccc(F)cc1)OCC(C)C. The predicted octanol–water partition coefficient (Wildman–Crippen LogP) is 2.36. The monoisotopic (exact) mass is 325 g/mol. The number of hydroxylamine groups is 2. The molecule has 1 amide bonds. The third-order valence-corrected chi connectivity index (χ3v) is 2.70. The molecule has 23 heavy (non-hydrogen) atoms. The minimum atomic E-state index is -1.02. The Balaban J connectivity index is 2.88. The Kier molecular flexibility index (Phi) is 7.21. The fourth-order valence-electron chi connectivity index (χ4n) is 1.53. The van der Waals surface area contributed by atoms with E-state index in [4.69, 9.17) is 4.84 Å². The number of nitrogens with zero attached hydrogens (tertiary/aromatic N) is 1. The van der Waals surface area contributed by atoms with Crippen LogP contribution in [0.15, 0.2) is 36.1 Å². The second-order valence-corrected chi connectivity index (χ2v) is 5.21. The van der Waals surface area contributed by atoms with Crippen LogP contribution < -0.4 is 0 Å². The quantitative estimate of drug-likeness (QED) is 0.360. The molecule has 0 heterocycles. The van der Waals surface area contributed by atoms with Crippen LogP contribution in [0, 0.1) is 11.7 Å². The van der Waals surface area contributed by atoms with Crippen LogP contribution in [-0.2, 0) is 25.7 Å². The van der Waals surface area contributed by atoms with Gasteiger partial charge in [0.2, 0.25) is 5.76 Å². The van der Waals surface area contributed by atoms with E-state index in [1.54, 1.807) is 0 Å². The molecule has 1 aromatic rings. The van der Waals surface area contributed by atoms with Gasteiger partial charge in [-0.05, 0) is 23.6 Å². The maximum Gasteiger partial charge on any atom is 0.373 e. The molecule has 0 aromatic heterocycles. The fourth-order valence-corrected chi connectivity index (χ4v) is 1.53. The number of esters is 1. The van der Waals surface area contributed by atoms with Gasteiger partial charge in [0.05, 0.1) is 26.3 Å². The van der Waals surface area contributed by atoms with E-state index in [1.165, 1.54) is 24.3 Å². The molecule has 0 unspecified atom stereocenters. The molecule has 0 aliphatic heterocycles. The summed E-state index contributed by atoms with van der Waals surface area (Å²) in [4.78, 5) is 28.7. The maximum absolute atomic E-state index is 12.9. The predicted molar refractivity (Wildman–Crippen MR) is 80.5 cm³/mol. The second kappa shape index (κ2) is 8.89. The van der Waals surface area contributed by atoms with Crippen molar-refractivity contribution in [1.29, 1.82) is 0 Å². The highest BCUT2D eigenvalue weighted by Gasteiger charge is 2.17. The van der Waals surface area contributed by atoms with Gasteiger partial charge >= 0.3 is 5.97 Å². The number of aliphatic hydroxyl groups is 1. The van der Waals surface area contributed by atoms with E-state index in [0.29, 0.717) is 5.56 Å². The Morgan fingerprint density at radius 3 is 2.43 bits per heavy atom. The van der Waals surface area contributed by atoms with Gasteiger partial charge in [-0.15, -0.1) is 0 Å². The van der Waals surface area contributed by atoms with Gasteiger partial charge in [-0.25, -0.2) is 14.2 Å². The van der Waals surface area contributed by atoms with Gasteiger partial charge in [0.1, 0.15) is 5.82 Å². The molecule has 7 heteroatoms. The molecule has 1 rings (SSSR count). The number of carbonyl (C=O) groups excluding carboxylic acids is 2. The summed E-state index contributed by atoms with van der Waals surface area (Å²) in [6, 6.07) is 5.56. The highest BCUT2D eigenvalue weighted by atomic mass is 19.1. The minimum Gasteiger partial charge on any atom is -0.502 e. The number of rotatable bonds is 7. The molecule has 0 atom stereocenters. The number of methoxy groups -OCH3 is 1. The van der Waals surface area contributed by atoms with Gasteiger partial charge < -0.3 is 9.84 Å². The number of benzene rings is 1. The largest absolute Gasteiger partial charge is 0.502 e. The molecule has 0 fully saturated rings. The van der Waals surface area contributed by atoms with Gasteiger partial charge in [-0.1, -0.05) is 26.0 Å². The lowest BCUT2D eigenvalue weighted by molar-refractivity contribution is -0.188. The lowest BCUT2D eigenvalue weighted by atomic mass is 10.2. The van der Waals surface area contributed by atoms with E-state index in [9.17, 15) is 19.1 Å². The number of amides is 1. The smallest absolute Gasteiger partial charge is 0.373 e. The summed E-state index contributed by atoms with van der Waals surface area (Å²) in [6.45, 7) is 4.11. The fraction of sp³-hybridized carbons (Fsp3) is 0.375. The van der Waals surface area contributed by atoms with Crippen molar-refractivity contribution in [3.8, 4) is 0 Å². The summed E-state index contributed by atoms with van der Waals surface area (Å²) in [7, 11) is 1.09. The molecule has 0 saturated carbocycles. The van der Waals surface area contributed by atoms with Gasteiger partial charge in [0, 0.05) is 0 Å². The van der Waals surface area contributed by atoms with Crippen molar-refractivity contribution >= 4 is 11.9 Å². The molecule has 0 aliphatic rings. The van der Waals surface area contributed by atoms with Crippen molar-refractivity contribution < 1.29 is 28.7 Å². The van der Waals surface area contributed by atoms with Crippen molar-refractivity contribution in [3.63, 3.8) is 0 Å². The Bertz CT molecular complexity index is 568. The molecule has 1 aromatic carbocycles. The number of aliphatic hydroxyl groups excluding tert-OH is 1. The van der Waals surface area contributed by atoms with Crippen molar-refractivity contribution in [3.05, 3.63) is 47.5 Å². The van der Waals surface area contributed by atoms with E-state index >= 15 is 0 Å². The Morgan fingerprint density at radius 2 is 1.91 bits per heavy atom. The average molecular weight is 325 g/mol. The number of hydrogen-bond donors (Lipinski definition) is 1. The molecule has 0 saturated heterocycles. The first kappa shape index (κ1) is 18.6. The Hall–Kier alpha value is -2.41. The summed E-state index contributed by atoms with van der Waals surface area (Å²) in [5.41, 5.74) is 0.634. The summed E-state index contributed by atoms with van der Waals surface area (Å²) in [5, 5.41) is 10.4. The first-order chi connectivity index (χ1) is 10.8. The van der Waals surface area contributed by atoms with E-state index in [-0.39, 0.29) is 19.1 Å². The standard InChI is InChI=1S/C16H20FNO5/c1-11(2)10-23-18(9-12-4-6-13(17)7-5-12)15(20)8-14(19)16(21)22-3/h4-8,11,19H,9-10H2,1-3H3/b14-8-. The zero-order valence-electron chi connectivity index (χ0n) is 13.3. The molecule has 1 N–H and O–H groups in total. The highest BCUT2D eigenvalue weighted by Crippen LogP contribution is 2.10. The summed E-state index contributed by atoms with van der Waals surface area (Å²) < 4.78 is 17.2. The third kappa shape index (κ3) is 6.48. The molecular formula is C16H20FNO5.